The molecule has 0 aliphatic heterocycles. The summed E-state index contributed by atoms with van der Waals surface area (Å²) >= 11 is 5.70. The van der Waals surface area contributed by atoms with Crippen molar-refractivity contribution in [3.63, 3.8) is 0 Å². The molecular weight excluding hydrogens is 306 g/mol. The summed E-state index contributed by atoms with van der Waals surface area (Å²) in [4.78, 5) is 13.7. The van der Waals surface area contributed by atoms with Gasteiger partial charge in [0.25, 0.3) is 0 Å². The molecule has 0 aromatic heterocycles. The molecule has 1 rings (SSSR count). The van der Waals surface area contributed by atoms with Crippen LogP contribution in [-0.4, -0.2) is 58.5 Å². The Hall–Kier alpha value is -1.14. The number of para-hydroxylation sites is 1. The van der Waals surface area contributed by atoms with Gasteiger partial charge in [-0.3, -0.25) is 4.79 Å². The number of halogens is 1. The molecule has 22 heavy (non-hydrogen) atoms. The summed E-state index contributed by atoms with van der Waals surface area (Å²) in [6, 6.07) is 7.72. The molecule has 0 aliphatic rings. The number of alkyl halides is 1. The molecule has 1 amide bonds. The predicted octanol–water partition coefficient (Wildman–Crippen LogP) is 2.25. The van der Waals surface area contributed by atoms with Gasteiger partial charge in [-0.1, -0.05) is 18.2 Å². The van der Waals surface area contributed by atoms with E-state index in [0.29, 0.717) is 39.6 Å². The summed E-state index contributed by atoms with van der Waals surface area (Å²) in [7, 11) is 1.63. The van der Waals surface area contributed by atoms with Gasteiger partial charge in [-0.05, 0) is 18.6 Å². The second-order valence-electron chi connectivity index (χ2n) is 4.68. The first kappa shape index (κ1) is 18.9. The van der Waals surface area contributed by atoms with Crippen LogP contribution in [0.25, 0.3) is 0 Å². The van der Waals surface area contributed by atoms with E-state index in [2.05, 4.69) is 0 Å². The van der Waals surface area contributed by atoms with Gasteiger partial charge in [-0.25, -0.2) is 0 Å². The first-order chi connectivity index (χ1) is 10.7. The number of ether oxygens (including phenoxy) is 3. The summed E-state index contributed by atoms with van der Waals surface area (Å²) < 4.78 is 15.7. The fraction of sp³-hybridized carbons (Fsp3) is 0.562. The Labute approximate surface area is 137 Å². The predicted molar refractivity (Wildman–Crippen MR) is 87.8 cm³/mol. The second-order valence-corrected chi connectivity index (χ2v) is 4.95. The van der Waals surface area contributed by atoms with E-state index in [-0.39, 0.29) is 11.8 Å². The molecule has 0 N–H and O–H groups in total. The van der Waals surface area contributed by atoms with E-state index in [0.717, 1.165) is 11.3 Å². The SMILES string of the molecule is COCCOCCOCCN(C(=O)CCl)c1ccccc1C. The van der Waals surface area contributed by atoms with Crippen LogP contribution in [0.1, 0.15) is 5.56 Å². The fourth-order valence-electron chi connectivity index (χ4n) is 1.94. The molecule has 0 spiro atoms. The van der Waals surface area contributed by atoms with Gasteiger partial charge in [0, 0.05) is 19.3 Å². The maximum absolute atomic E-state index is 12.0. The van der Waals surface area contributed by atoms with Crippen molar-refractivity contribution >= 4 is 23.2 Å². The number of carbonyl (C=O) groups excluding carboxylic acids is 1. The zero-order valence-corrected chi connectivity index (χ0v) is 14.0. The highest BCUT2D eigenvalue weighted by Gasteiger charge is 2.15. The molecule has 6 heteroatoms. The normalized spacial score (nSPS) is 10.7. The molecule has 0 atom stereocenters. The van der Waals surface area contributed by atoms with Crippen molar-refractivity contribution in [1.29, 1.82) is 0 Å². The molecule has 0 bridgehead atoms. The average molecular weight is 330 g/mol. The Morgan fingerprint density at radius 2 is 1.73 bits per heavy atom. The molecule has 1 aromatic rings. The Kier molecular flexibility index (Phi) is 9.82. The summed E-state index contributed by atoms with van der Waals surface area (Å²) in [5, 5.41) is 0. The molecule has 5 nitrogen and oxygen atoms in total. The van der Waals surface area contributed by atoms with Gasteiger partial charge in [-0.15, -0.1) is 11.6 Å². The molecule has 0 fully saturated rings. The summed E-state index contributed by atoms with van der Waals surface area (Å²) in [6.07, 6.45) is 0. The number of aryl methyl sites for hydroxylation is 1. The third-order valence-corrected chi connectivity index (χ3v) is 3.31. The lowest BCUT2D eigenvalue weighted by Gasteiger charge is -2.23. The van der Waals surface area contributed by atoms with E-state index in [4.69, 9.17) is 25.8 Å². The number of rotatable bonds is 11. The van der Waals surface area contributed by atoms with Crippen LogP contribution >= 0.6 is 11.6 Å². The fourth-order valence-corrected chi connectivity index (χ4v) is 2.08. The van der Waals surface area contributed by atoms with Crippen LogP contribution in [0, 0.1) is 6.92 Å². The van der Waals surface area contributed by atoms with Gasteiger partial charge < -0.3 is 19.1 Å². The third kappa shape index (κ3) is 6.75. The number of anilines is 1. The van der Waals surface area contributed by atoms with Crippen LogP contribution in [0.15, 0.2) is 24.3 Å². The summed E-state index contributed by atoms with van der Waals surface area (Å²) in [5.41, 5.74) is 1.90. The second kappa shape index (κ2) is 11.4. The lowest BCUT2D eigenvalue weighted by Crippen LogP contribution is -2.35. The van der Waals surface area contributed by atoms with Gasteiger partial charge in [-0.2, -0.15) is 0 Å². The number of carbonyl (C=O) groups is 1. The number of nitrogens with zero attached hydrogens (tertiary/aromatic N) is 1. The lowest BCUT2D eigenvalue weighted by atomic mass is 10.2. The minimum Gasteiger partial charge on any atom is -0.382 e. The first-order valence-corrected chi connectivity index (χ1v) is 7.80. The van der Waals surface area contributed by atoms with Crippen LogP contribution in [-0.2, 0) is 19.0 Å². The molecule has 0 saturated carbocycles. The Morgan fingerprint density at radius 1 is 1.09 bits per heavy atom. The number of hydrogen-bond acceptors (Lipinski definition) is 4. The molecule has 0 unspecified atom stereocenters. The number of amides is 1. The highest BCUT2D eigenvalue weighted by molar-refractivity contribution is 6.29. The van der Waals surface area contributed by atoms with Crippen molar-refractivity contribution in [2.75, 3.05) is 57.5 Å². The van der Waals surface area contributed by atoms with Gasteiger partial charge in [0.05, 0.1) is 33.0 Å². The number of hydrogen-bond donors (Lipinski definition) is 0. The number of benzene rings is 1. The molecule has 124 valence electrons. The minimum absolute atomic E-state index is 0.0472. The quantitative estimate of drug-likeness (QED) is 0.461. The van der Waals surface area contributed by atoms with Crippen LogP contribution in [0.3, 0.4) is 0 Å². The van der Waals surface area contributed by atoms with E-state index in [1.165, 1.54) is 0 Å². The largest absolute Gasteiger partial charge is 0.382 e. The zero-order valence-electron chi connectivity index (χ0n) is 13.2. The maximum atomic E-state index is 12.0. The molecule has 0 heterocycles. The average Bonchev–Trinajstić information content (AvgIpc) is 2.54. The van der Waals surface area contributed by atoms with Crippen molar-refractivity contribution in [2.45, 2.75) is 6.92 Å². The van der Waals surface area contributed by atoms with Gasteiger partial charge in [0.15, 0.2) is 0 Å². The van der Waals surface area contributed by atoms with E-state index in [9.17, 15) is 4.79 Å². The molecule has 0 saturated heterocycles. The van der Waals surface area contributed by atoms with Crippen LogP contribution in [0.5, 0.6) is 0 Å². The van der Waals surface area contributed by atoms with Crippen molar-refractivity contribution in [3.8, 4) is 0 Å². The van der Waals surface area contributed by atoms with E-state index < -0.39 is 0 Å². The third-order valence-electron chi connectivity index (χ3n) is 3.08. The Bertz CT molecular complexity index is 442. The topological polar surface area (TPSA) is 48.0 Å². The zero-order chi connectivity index (χ0) is 16.2. The summed E-state index contributed by atoms with van der Waals surface area (Å²) in [5.74, 6) is -0.176. The molecule has 0 radical (unpaired) electrons. The monoisotopic (exact) mass is 329 g/mol. The lowest BCUT2D eigenvalue weighted by molar-refractivity contribution is -0.116. The Morgan fingerprint density at radius 3 is 2.36 bits per heavy atom. The van der Waals surface area contributed by atoms with Crippen LogP contribution in [0.2, 0.25) is 0 Å². The number of methoxy groups -OCH3 is 1. The van der Waals surface area contributed by atoms with Crippen LogP contribution in [0.4, 0.5) is 5.69 Å². The first-order valence-electron chi connectivity index (χ1n) is 7.27. The van der Waals surface area contributed by atoms with Gasteiger partial charge in [0.2, 0.25) is 5.91 Å². The van der Waals surface area contributed by atoms with Crippen molar-refractivity contribution < 1.29 is 19.0 Å². The van der Waals surface area contributed by atoms with Crippen molar-refractivity contribution in [2.24, 2.45) is 0 Å². The van der Waals surface area contributed by atoms with E-state index in [1.807, 2.05) is 31.2 Å². The Balaban J connectivity index is 2.38. The molecular formula is C16H24ClNO4. The van der Waals surface area contributed by atoms with E-state index in [1.54, 1.807) is 12.0 Å². The highest BCUT2D eigenvalue weighted by atomic mass is 35.5. The van der Waals surface area contributed by atoms with Crippen molar-refractivity contribution in [1.82, 2.24) is 0 Å². The molecule has 0 aliphatic carbocycles. The van der Waals surface area contributed by atoms with E-state index >= 15 is 0 Å². The maximum Gasteiger partial charge on any atom is 0.241 e. The highest BCUT2D eigenvalue weighted by Crippen LogP contribution is 2.19. The molecule has 1 aromatic carbocycles. The van der Waals surface area contributed by atoms with Crippen LogP contribution < -0.4 is 4.90 Å². The minimum atomic E-state index is -0.129. The summed E-state index contributed by atoms with van der Waals surface area (Å²) in [6.45, 7) is 5.00. The van der Waals surface area contributed by atoms with Gasteiger partial charge in [0.1, 0.15) is 5.88 Å². The standard InChI is InChI=1S/C16H24ClNO4/c1-14-5-3-4-6-15(14)18(16(19)13-17)7-8-21-11-12-22-10-9-20-2/h3-6H,7-13H2,1-2H3. The smallest absolute Gasteiger partial charge is 0.241 e. The van der Waals surface area contributed by atoms with Crippen molar-refractivity contribution in [3.05, 3.63) is 29.8 Å². The van der Waals surface area contributed by atoms with Gasteiger partial charge >= 0.3 is 0 Å².